The summed E-state index contributed by atoms with van der Waals surface area (Å²) in [6.45, 7) is 8.91. The number of guanidine groups is 1. The fourth-order valence-corrected chi connectivity index (χ4v) is 3.56. The van der Waals surface area contributed by atoms with E-state index < -0.39 is 0 Å². The third-order valence-electron chi connectivity index (χ3n) is 5.42. The molecule has 6 nitrogen and oxygen atoms in total. The molecule has 6 heteroatoms. The number of likely N-dealkylation sites (N-methyl/N-ethyl adjacent to an activating group) is 1. The predicted octanol–water partition coefficient (Wildman–Crippen LogP) is 2.66. The molecule has 2 fully saturated rings. The molecule has 1 aliphatic carbocycles. The molecule has 0 bridgehead atoms. The Balaban J connectivity index is 1.39. The molecule has 1 aliphatic heterocycles. The van der Waals surface area contributed by atoms with E-state index >= 15 is 0 Å². The lowest BCUT2D eigenvalue weighted by atomic mass is 10.2. The summed E-state index contributed by atoms with van der Waals surface area (Å²) in [6, 6.07) is 4.53. The number of furan rings is 1. The standard InChI is InChI=1S/C21H36N4O2/c1-2-25-13-3-6-19(25)16-24-21(23-12-10-20-7-4-15-27-20)22-11-5-14-26-17-18-8-9-18/h4,7,15,18-19H,2-3,5-6,8-14,16-17H2,1H3,(H2,22,23,24). The van der Waals surface area contributed by atoms with Gasteiger partial charge in [0.25, 0.3) is 0 Å². The van der Waals surface area contributed by atoms with E-state index in [9.17, 15) is 0 Å². The molecule has 1 aromatic rings. The Labute approximate surface area is 163 Å². The fraction of sp³-hybridized carbons (Fsp3) is 0.762. The monoisotopic (exact) mass is 376 g/mol. The largest absolute Gasteiger partial charge is 0.469 e. The molecule has 2 aliphatic rings. The summed E-state index contributed by atoms with van der Waals surface area (Å²) in [7, 11) is 0. The molecule has 1 atom stereocenters. The topological polar surface area (TPSA) is 62.0 Å². The molecular formula is C21H36N4O2. The average Bonchev–Trinajstić information content (AvgIpc) is 3.17. The molecule has 1 aromatic heterocycles. The number of nitrogens with one attached hydrogen (secondary N) is 2. The van der Waals surface area contributed by atoms with Crippen LogP contribution in [0.2, 0.25) is 0 Å². The molecule has 2 N–H and O–H groups in total. The van der Waals surface area contributed by atoms with Crippen LogP contribution in [0.4, 0.5) is 0 Å². The fourth-order valence-electron chi connectivity index (χ4n) is 3.56. The number of aliphatic imine (C=N–C) groups is 1. The third kappa shape index (κ3) is 7.54. The van der Waals surface area contributed by atoms with Gasteiger partial charge in [0.05, 0.1) is 12.8 Å². The Kier molecular flexibility index (Phi) is 8.49. The van der Waals surface area contributed by atoms with Gasteiger partial charge in [0, 0.05) is 38.8 Å². The molecule has 2 heterocycles. The second-order valence-corrected chi connectivity index (χ2v) is 7.67. The molecular weight excluding hydrogens is 340 g/mol. The van der Waals surface area contributed by atoms with Crippen LogP contribution in [-0.2, 0) is 11.2 Å². The second-order valence-electron chi connectivity index (χ2n) is 7.67. The van der Waals surface area contributed by atoms with Crippen LogP contribution in [0.3, 0.4) is 0 Å². The number of hydrogen-bond acceptors (Lipinski definition) is 4. The van der Waals surface area contributed by atoms with E-state index in [0.29, 0.717) is 6.04 Å². The van der Waals surface area contributed by atoms with Crippen molar-refractivity contribution in [2.45, 2.75) is 51.5 Å². The van der Waals surface area contributed by atoms with E-state index in [4.69, 9.17) is 14.1 Å². The highest BCUT2D eigenvalue weighted by Crippen LogP contribution is 2.28. The zero-order valence-electron chi connectivity index (χ0n) is 16.8. The average molecular weight is 377 g/mol. The van der Waals surface area contributed by atoms with Gasteiger partial charge in [-0.15, -0.1) is 0 Å². The SMILES string of the molecule is CCN1CCCC1CN=C(NCCCOCC1CC1)NCCc1ccco1. The van der Waals surface area contributed by atoms with E-state index in [2.05, 4.69) is 22.5 Å². The minimum absolute atomic E-state index is 0.584. The highest BCUT2D eigenvalue weighted by molar-refractivity contribution is 5.79. The maximum Gasteiger partial charge on any atom is 0.191 e. The zero-order valence-corrected chi connectivity index (χ0v) is 16.8. The lowest BCUT2D eigenvalue weighted by Crippen LogP contribution is -2.40. The van der Waals surface area contributed by atoms with Gasteiger partial charge in [-0.25, -0.2) is 0 Å². The van der Waals surface area contributed by atoms with Gasteiger partial charge in [0.2, 0.25) is 0 Å². The third-order valence-corrected chi connectivity index (χ3v) is 5.42. The lowest BCUT2D eigenvalue weighted by Gasteiger charge is -2.21. The predicted molar refractivity (Wildman–Crippen MR) is 109 cm³/mol. The molecule has 1 unspecified atom stereocenters. The first-order chi connectivity index (χ1) is 13.3. The number of hydrogen-bond donors (Lipinski definition) is 2. The zero-order chi connectivity index (χ0) is 18.7. The van der Waals surface area contributed by atoms with Crippen LogP contribution in [0.25, 0.3) is 0 Å². The minimum Gasteiger partial charge on any atom is -0.469 e. The van der Waals surface area contributed by atoms with Crippen LogP contribution in [0.5, 0.6) is 0 Å². The van der Waals surface area contributed by atoms with Gasteiger partial charge >= 0.3 is 0 Å². The summed E-state index contributed by atoms with van der Waals surface area (Å²) in [5, 5.41) is 6.92. The Bertz CT molecular complexity index is 542. The molecule has 3 rings (SSSR count). The van der Waals surface area contributed by atoms with Crippen LogP contribution in [0.15, 0.2) is 27.8 Å². The van der Waals surface area contributed by atoms with Gasteiger partial charge in [0.1, 0.15) is 5.76 Å². The van der Waals surface area contributed by atoms with Crippen LogP contribution < -0.4 is 10.6 Å². The summed E-state index contributed by atoms with van der Waals surface area (Å²) in [5.74, 6) is 2.75. The Hall–Kier alpha value is -1.53. The molecule has 0 spiro atoms. The minimum atomic E-state index is 0.584. The summed E-state index contributed by atoms with van der Waals surface area (Å²) in [5.41, 5.74) is 0. The van der Waals surface area contributed by atoms with Gasteiger partial charge < -0.3 is 19.8 Å². The molecule has 1 saturated carbocycles. The van der Waals surface area contributed by atoms with Crippen molar-refractivity contribution in [1.29, 1.82) is 0 Å². The van der Waals surface area contributed by atoms with E-state index in [1.165, 1.54) is 32.2 Å². The number of likely N-dealkylation sites (tertiary alicyclic amines) is 1. The first kappa shape index (κ1) is 20.2. The van der Waals surface area contributed by atoms with Crippen LogP contribution in [0.1, 0.15) is 44.8 Å². The Morgan fingerprint density at radius 1 is 1.30 bits per heavy atom. The Morgan fingerprint density at radius 2 is 2.19 bits per heavy atom. The molecule has 27 heavy (non-hydrogen) atoms. The summed E-state index contributed by atoms with van der Waals surface area (Å²) < 4.78 is 11.1. The van der Waals surface area contributed by atoms with Gasteiger partial charge in [0.15, 0.2) is 5.96 Å². The normalized spacial score (nSPS) is 20.9. The van der Waals surface area contributed by atoms with E-state index in [0.717, 1.165) is 69.9 Å². The van der Waals surface area contributed by atoms with Gasteiger partial charge in [-0.1, -0.05) is 6.92 Å². The van der Waals surface area contributed by atoms with Gasteiger partial charge in [-0.05, 0) is 63.2 Å². The first-order valence-corrected chi connectivity index (χ1v) is 10.7. The Morgan fingerprint density at radius 3 is 2.96 bits per heavy atom. The summed E-state index contributed by atoms with van der Waals surface area (Å²) >= 11 is 0. The van der Waals surface area contributed by atoms with Crippen molar-refractivity contribution in [2.75, 3.05) is 45.9 Å². The maximum atomic E-state index is 5.72. The van der Waals surface area contributed by atoms with Crippen molar-refractivity contribution in [3.63, 3.8) is 0 Å². The highest BCUT2D eigenvalue weighted by atomic mass is 16.5. The molecule has 0 aromatic carbocycles. The van der Waals surface area contributed by atoms with Crippen molar-refractivity contribution in [1.82, 2.24) is 15.5 Å². The van der Waals surface area contributed by atoms with Crippen molar-refractivity contribution >= 4 is 5.96 Å². The van der Waals surface area contributed by atoms with Crippen molar-refractivity contribution in [2.24, 2.45) is 10.9 Å². The summed E-state index contributed by atoms with van der Waals surface area (Å²) in [4.78, 5) is 7.40. The van der Waals surface area contributed by atoms with Crippen LogP contribution in [0, 0.1) is 5.92 Å². The van der Waals surface area contributed by atoms with Crippen molar-refractivity contribution < 1.29 is 9.15 Å². The molecule has 1 saturated heterocycles. The maximum absolute atomic E-state index is 5.72. The van der Waals surface area contributed by atoms with Gasteiger partial charge in [-0.2, -0.15) is 0 Å². The second kappa shape index (κ2) is 11.3. The number of rotatable bonds is 12. The van der Waals surface area contributed by atoms with E-state index in [1.807, 2.05) is 12.1 Å². The number of nitrogens with zero attached hydrogens (tertiary/aromatic N) is 2. The van der Waals surface area contributed by atoms with Crippen LogP contribution in [-0.4, -0.2) is 62.8 Å². The summed E-state index contributed by atoms with van der Waals surface area (Å²) in [6.07, 6.45) is 8.85. The highest BCUT2D eigenvalue weighted by Gasteiger charge is 2.22. The van der Waals surface area contributed by atoms with Gasteiger partial charge in [-0.3, -0.25) is 9.89 Å². The van der Waals surface area contributed by atoms with E-state index in [-0.39, 0.29) is 0 Å². The van der Waals surface area contributed by atoms with Crippen molar-refractivity contribution in [3.8, 4) is 0 Å². The lowest BCUT2D eigenvalue weighted by molar-refractivity contribution is 0.123. The van der Waals surface area contributed by atoms with Crippen LogP contribution >= 0.6 is 0 Å². The molecule has 152 valence electrons. The van der Waals surface area contributed by atoms with Crippen molar-refractivity contribution in [3.05, 3.63) is 24.2 Å². The van der Waals surface area contributed by atoms with E-state index in [1.54, 1.807) is 6.26 Å². The number of ether oxygens (including phenoxy) is 1. The quantitative estimate of drug-likeness (QED) is 0.334. The molecule has 0 amide bonds. The smallest absolute Gasteiger partial charge is 0.191 e. The molecule has 0 radical (unpaired) electrons. The first-order valence-electron chi connectivity index (χ1n) is 10.7.